The highest BCUT2D eigenvalue weighted by Crippen LogP contribution is 2.24. The zero-order valence-corrected chi connectivity index (χ0v) is 14.0. The molecule has 2 aromatic heterocycles. The van der Waals surface area contributed by atoms with Crippen LogP contribution in [0, 0.1) is 6.92 Å². The molecular weight excluding hydrogens is 298 g/mol. The lowest BCUT2D eigenvalue weighted by Crippen LogP contribution is -2.47. The predicted molar refractivity (Wildman–Crippen MR) is 88.0 cm³/mol. The molecule has 1 saturated heterocycles. The third kappa shape index (κ3) is 3.76. The number of oxazole rings is 1. The van der Waals surface area contributed by atoms with Crippen molar-refractivity contribution in [3.63, 3.8) is 0 Å². The topological polar surface area (TPSA) is 52.7 Å². The molecule has 5 nitrogen and oxygen atoms in total. The summed E-state index contributed by atoms with van der Waals surface area (Å²) in [5.41, 5.74) is 2.09. The minimum atomic E-state index is -0.252. The molecule has 1 N–H and O–H groups in total. The molecule has 3 rings (SSSR count). The molecule has 0 aliphatic carbocycles. The normalized spacial score (nSPS) is 18.7. The zero-order chi connectivity index (χ0) is 15.5. The first-order chi connectivity index (χ1) is 10.6. The molecule has 1 unspecified atom stereocenters. The molecule has 0 bridgehead atoms. The van der Waals surface area contributed by atoms with Crippen molar-refractivity contribution >= 4 is 11.3 Å². The quantitative estimate of drug-likeness (QED) is 0.915. The number of nitrogens with zero attached hydrogens (tertiary/aromatic N) is 3. The number of aryl methyl sites for hydroxylation is 1. The van der Waals surface area contributed by atoms with E-state index in [1.54, 1.807) is 11.3 Å². The second kappa shape index (κ2) is 6.91. The van der Waals surface area contributed by atoms with Crippen molar-refractivity contribution in [2.45, 2.75) is 26.5 Å². The molecule has 0 amide bonds. The molecule has 1 aliphatic rings. The maximum Gasteiger partial charge on any atom is 0.227 e. The fourth-order valence-electron chi connectivity index (χ4n) is 2.80. The second-order valence-electron chi connectivity index (χ2n) is 5.96. The van der Waals surface area contributed by atoms with Crippen LogP contribution in [0.5, 0.6) is 0 Å². The molecule has 1 fully saturated rings. The van der Waals surface area contributed by atoms with Crippen LogP contribution in [0.4, 0.5) is 0 Å². The van der Waals surface area contributed by atoms with Crippen LogP contribution in [0.2, 0.25) is 0 Å². The van der Waals surface area contributed by atoms with E-state index in [2.05, 4.69) is 20.2 Å². The maximum absolute atomic E-state index is 9.46. The number of aliphatic hydroxyl groups is 1. The van der Waals surface area contributed by atoms with Crippen molar-refractivity contribution in [3.8, 4) is 11.5 Å². The molecule has 1 atom stereocenters. The number of aromatic nitrogens is 1. The fourth-order valence-corrected chi connectivity index (χ4v) is 3.43. The number of hydrogen-bond donors (Lipinski definition) is 1. The molecular formula is C16H23N3O2S. The highest BCUT2D eigenvalue weighted by Gasteiger charge is 2.20. The van der Waals surface area contributed by atoms with Gasteiger partial charge in [0.15, 0.2) is 0 Å². The number of thiophene rings is 1. The standard InChI is InChI=1S/C16H23N3O2S/c1-12(20)9-18-4-6-19(7-5-18)10-15-13(2)21-16(17-15)14-3-8-22-11-14/h3,8,11-12,20H,4-7,9-10H2,1-2H3. The Kier molecular flexibility index (Phi) is 4.93. The van der Waals surface area contributed by atoms with Crippen LogP contribution in [0.25, 0.3) is 11.5 Å². The zero-order valence-electron chi connectivity index (χ0n) is 13.2. The molecule has 0 saturated carbocycles. The number of rotatable bonds is 5. The molecule has 0 aromatic carbocycles. The van der Waals surface area contributed by atoms with E-state index in [1.807, 2.05) is 25.3 Å². The number of piperazine rings is 1. The third-order valence-corrected chi connectivity index (χ3v) is 4.70. The van der Waals surface area contributed by atoms with E-state index < -0.39 is 0 Å². The predicted octanol–water partition coefficient (Wildman–Crippen LogP) is 2.21. The van der Waals surface area contributed by atoms with E-state index >= 15 is 0 Å². The number of β-amino-alcohol motifs (C(OH)–C–C–N with tert-alkyl or cyclic N) is 1. The Morgan fingerprint density at radius 1 is 1.32 bits per heavy atom. The van der Waals surface area contributed by atoms with E-state index in [1.165, 1.54) is 0 Å². The highest BCUT2D eigenvalue weighted by molar-refractivity contribution is 7.08. The van der Waals surface area contributed by atoms with Crippen molar-refractivity contribution in [2.75, 3.05) is 32.7 Å². The molecule has 3 heterocycles. The van der Waals surface area contributed by atoms with Crippen molar-refractivity contribution in [3.05, 3.63) is 28.3 Å². The Hall–Kier alpha value is -1.21. The lowest BCUT2D eigenvalue weighted by atomic mass is 10.2. The monoisotopic (exact) mass is 321 g/mol. The van der Waals surface area contributed by atoms with Crippen molar-refractivity contribution < 1.29 is 9.52 Å². The van der Waals surface area contributed by atoms with E-state index in [0.717, 1.165) is 62.2 Å². The summed E-state index contributed by atoms with van der Waals surface area (Å²) in [5.74, 6) is 1.63. The van der Waals surface area contributed by atoms with Crippen molar-refractivity contribution in [1.82, 2.24) is 14.8 Å². The van der Waals surface area contributed by atoms with Crippen LogP contribution < -0.4 is 0 Å². The number of aliphatic hydroxyl groups excluding tert-OH is 1. The van der Waals surface area contributed by atoms with E-state index in [9.17, 15) is 5.11 Å². The van der Waals surface area contributed by atoms with Crippen LogP contribution in [0.3, 0.4) is 0 Å². The fraction of sp³-hybridized carbons (Fsp3) is 0.562. The Morgan fingerprint density at radius 2 is 2.05 bits per heavy atom. The van der Waals surface area contributed by atoms with Crippen LogP contribution in [-0.4, -0.2) is 58.7 Å². The van der Waals surface area contributed by atoms with Crippen molar-refractivity contribution in [1.29, 1.82) is 0 Å². The van der Waals surface area contributed by atoms with Gasteiger partial charge in [0.2, 0.25) is 5.89 Å². The molecule has 22 heavy (non-hydrogen) atoms. The first-order valence-electron chi connectivity index (χ1n) is 7.73. The smallest absolute Gasteiger partial charge is 0.227 e. The molecule has 0 radical (unpaired) electrons. The average molecular weight is 321 g/mol. The van der Waals surface area contributed by atoms with Crippen molar-refractivity contribution in [2.24, 2.45) is 0 Å². The van der Waals surface area contributed by atoms with Gasteiger partial charge in [-0.1, -0.05) is 0 Å². The largest absolute Gasteiger partial charge is 0.441 e. The lowest BCUT2D eigenvalue weighted by Gasteiger charge is -2.34. The van der Waals surface area contributed by atoms with Gasteiger partial charge in [-0.25, -0.2) is 4.98 Å². The van der Waals surface area contributed by atoms with Gasteiger partial charge in [0, 0.05) is 50.2 Å². The Balaban J connectivity index is 1.58. The second-order valence-corrected chi connectivity index (χ2v) is 6.74. The van der Waals surface area contributed by atoms with Gasteiger partial charge in [-0.15, -0.1) is 0 Å². The summed E-state index contributed by atoms with van der Waals surface area (Å²) in [5, 5.41) is 13.6. The van der Waals surface area contributed by atoms with Gasteiger partial charge >= 0.3 is 0 Å². The van der Waals surface area contributed by atoms with Crippen LogP contribution in [-0.2, 0) is 6.54 Å². The van der Waals surface area contributed by atoms with Gasteiger partial charge < -0.3 is 9.52 Å². The van der Waals surface area contributed by atoms with Gasteiger partial charge in [0.1, 0.15) is 5.76 Å². The van der Waals surface area contributed by atoms with Gasteiger partial charge in [-0.2, -0.15) is 11.3 Å². The van der Waals surface area contributed by atoms with Gasteiger partial charge in [-0.05, 0) is 25.3 Å². The van der Waals surface area contributed by atoms with Gasteiger partial charge in [0.05, 0.1) is 11.8 Å². The van der Waals surface area contributed by atoms with E-state index in [4.69, 9.17) is 4.42 Å². The minimum absolute atomic E-state index is 0.252. The summed E-state index contributed by atoms with van der Waals surface area (Å²) < 4.78 is 5.80. The molecule has 6 heteroatoms. The maximum atomic E-state index is 9.46. The first kappa shape index (κ1) is 15.7. The van der Waals surface area contributed by atoms with Gasteiger partial charge in [0.25, 0.3) is 0 Å². The van der Waals surface area contributed by atoms with Gasteiger partial charge in [-0.3, -0.25) is 9.80 Å². The number of hydrogen-bond acceptors (Lipinski definition) is 6. The van der Waals surface area contributed by atoms with E-state index in [0.29, 0.717) is 0 Å². The average Bonchev–Trinajstić information content (AvgIpc) is 3.11. The summed E-state index contributed by atoms with van der Waals surface area (Å²) >= 11 is 1.65. The SMILES string of the molecule is Cc1oc(-c2ccsc2)nc1CN1CCN(CC(C)O)CC1. The summed E-state index contributed by atoms with van der Waals surface area (Å²) in [6.45, 7) is 9.44. The first-order valence-corrected chi connectivity index (χ1v) is 8.68. The summed E-state index contributed by atoms with van der Waals surface area (Å²) in [6, 6.07) is 2.04. The van der Waals surface area contributed by atoms with E-state index in [-0.39, 0.29) is 6.10 Å². The Morgan fingerprint density at radius 3 is 2.68 bits per heavy atom. The van der Waals surface area contributed by atoms with Crippen LogP contribution >= 0.6 is 11.3 Å². The highest BCUT2D eigenvalue weighted by atomic mass is 32.1. The molecule has 1 aliphatic heterocycles. The minimum Gasteiger partial charge on any atom is -0.441 e. The van der Waals surface area contributed by atoms with Crippen LogP contribution in [0.15, 0.2) is 21.2 Å². The van der Waals surface area contributed by atoms with Crippen LogP contribution in [0.1, 0.15) is 18.4 Å². The summed E-state index contributed by atoms with van der Waals surface area (Å²) in [6.07, 6.45) is -0.252. The summed E-state index contributed by atoms with van der Waals surface area (Å²) in [7, 11) is 0. The Bertz CT molecular complexity index is 587. The lowest BCUT2D eigenvalue weighted by molar-refractivity contribution is 0.0775. The molecule has 2 aromatic rings. The third-order valence-electron chi connectivity index (χ3n) is 4.02. The molecule has 0 spiro atoms. The Labute approximate surface area is 135 Å². The molecule has 120 valence electrons. The summed E-state index contributed by atoms with van der Waals surface area (Å²) in [4.78, 5) is 9.38.